The molecule has 2 aromatic rings. The first-order chi connectivity index (χ1) is 13.0. The molecule has 2 aromatic carbocycles. The molecule has 0 aliphatic carbocycles. The Bertz CT molecular complexity index is 744. The summed E-state index contributed by atoms with van der Waals surface area (Å²) in [7, 11) is 0. The van der Waals surface area contributed by atoms with Crippen molar-refractivity contribution < 1.29 is 20.1 Å². The molecule has 0 amide bonds. The minimum absolute atomic E-state index is 0.140. The van der Waals surface area contributed by atoms with Crippen molar-refractivity contribution in [3.63, 3.8) is 0 Å². The van der Waals surface area contributed by atoms with Gasteiger partial charge in [-0.3, -0.25) is 0 Å². The second kappa shape index (κ2) is 10.6. The Kier molecular flexibility index (Phi) is 8.15. The zero-order valence-electron chi connectivity index (χ0n) is 15.9. The second-order valence-electron chi connectivity index (χ2n) is 6.91. The lowest BCUT2D eigenvalue weighted by Gasteiger charge is -2.16. The molecule has 0 aliphatic heterocycles. The molecule has 144 valence electrons. The van der Waals surface area contributed by atoms with E-state index in [1.54, 1.807) is 30.3 Å². The van der Waals surface area contributed by atoms with Crippen molar-refractivity contribution in [3.8, 4) is 11.5 Å². The number of hydrogen-bond donors (Lipinski definition) is 3. The Hall–Kier alpha value is -2.52. The molecule has 0 spiro atoms. The Balaban J connectivity index is 2.05. The number of aliphatic hydroxyl groups excluding tert-OH is 2. The summed E-state index contributed by atoms with van der Waals surface area (Å²) in [5, 5.41) is 29.8. The topological polar surface area (TPSA) is 69.9 Å². The summed E-state index contributed by atoms with van der Waals surface area (Å²) >= 11 is 0. The summed E-state index contributed by atoms with van der Waals surface area (Å²) in [5.41, 5.74) is 4.76. The number of ether oxygens (including phenoxy) is 1. The predicted octanol–water partition coefficient (Wildman–Crippen LogP) is 4.38. The van der Waals surface area contributed by atoms with E-state index in [-0.39, 0.29) is 11.7 Å². The van der Waals surface area contributed by atoms with Crippen LogP contribution in [0.15, 0.2) is 72.0 Å². The molecule has 0 unspecified atom stereocenters. The zero-order valence-corrected chi connectivity index (χ0v) is 15.9. The van der Waals surface area contributed by atoms with Crippen molar-refractivity contribution in [2.24, 2.45) is 5.92 Å². The molecule has 27 heavy (non-hydrogen) atoms. The molecule has 0 aromatic heterocycles. The van der Waals surface area contributed by atoms with Gasteiger partial charge in [-0.15, -0.1) is 5.73 Å². The van der Waals surface area contributed by atoms with E-state index >= 15 is 0 Å². The van der Waals surface area contributed by atoms with Crippen molar-refractivity contribution in [1.29, 1.82) is 0 Å². The van der Waals surface area contributed by atoms with Crippen molar-refractivity contribution in [1.82, 2.24) is 0 Å². The number of phenols is 1. The minimum Gasteiger partial charge on any atom is -0.508 e. The summed E-state index contributed by atoms with van der Waals surface area (Å²) in [6, 6.07) is 16.0. The van der Waals surface area contributed by atoms with E-state index in [1.807, 2.05) is 44.2 Å². The van der Waals surface area contributed by atoms with E-state index in [9.17, 15) is 15.3 Å². The van der Waals surface area contributed by atoms with Crippen LogP contribution in [0.25, 0.3) is 0 Å². The van der Waals surface area contributed by atoms with Gasteiger partial charge in [0.1, 0.15) is 18.1 Å². The third-order valence-electron chi connectivity index (χ3n) is 4.31. The maximum atomic E-state index is 10.3. The largest absolute Gasteiger partial charge is 0.508 e. The number of rotatable bonds is 9. The molecule has 3 N–H and O–H groups in total. The highest BCUT2D eigenvalue weighted by Crippen LogP contribution is 2.20. The molecule has 0 saturated carbocycles. The van der Waals surface area contributed by atoms with Gasteiger partial charge in [-0.1, -0.05) is 44.2 Å². The molecule has 0 heterocycles. The first-order valence-corrected chi connectivity index (χ1v) is 9.21. The lowest BCUT2D eigenvalue weighted by molar-refractivity contribution is 0.122. The van der Waals surface area contributed by atoms with Gasteiger partial charge in [-0.05, 0) is 41.8 Å². The van der Waals surface area contributed by atoms with E-state index < -0.39 is 12.2 Å². The quantitative estimate of drug-likeness (QED) is 0.575. The molecule has 0 aliphatic rings. The summed E-state index contributed by atoms with van der Waals surface area (Å²) in [5.74, 6) is 1.07. The van der Waals surface area contributed by atoms with Gasteiger partial charge in [-0.25, -0.2) is 0 Å². The fourth-order valence-electron chi connectivity index (χ4n) is 2.48. The monoisotopic (exact) mass is 368 g/mol. The first-order valence-electron chi connectivity index (χ1n) is 9.21. The molecule has 0 radical (unpaired) electrons. The third-order valence-corrected chi connectivity index (χ3v) is 4.31. The minimum atomic E-state index is -0.676. The highest BCUT2D eigenvalue weighted by Gasteiger charge is 2.12. The maximum absolute atomic E-state index is 10.3. The number of aromatic hydroxyl groups is 1. The van der Waals surface area contributed by atoms with Crippen LogP contribution in [0.2, 0.25) is 0 Å². The molecule has 4 heteroatoms. The van der Waals surface area contributed by atoms with Gasteiger partial charge in [0.2, 0.25) is 0 Å². The molecule has 0 bridgehead atoms. The smallest absolute Gasteiger partial charge is 0.119 e. The van der Waals surface area contributed by atoms with Gasteiger partial charge in [0, 0.05) is 18.4 Å². The van der Waals surface area contributed by atoms with Crippen LogP contribution in [0.3, 0.4) is 0 Å². The standard InChI is InChI=1S/C23H28O4/c1-17(2)23(26)15-18(16-27-21-8-4-3-5-9-21)7-6-10-22(25)19-11-13-20(24)14-12-19/h3-6,8-9,11-14,17,22-26H,10,15-16H2,1-2H3/t7?,22-,23-/m1/s1. The number of aliphatic hydroxyl groups is 2. The van der Waals surface area contributed by atoms with Crippen LogP contribution in [0, 0.1) is 5.92 Å². The van der Waals surface area contributed by atoms with Gasteiger partial charge < -0.3 is 20.1 Å². The van der Waals surface area contributed by atoms with E-state index in [1.165, 1.54) is 0 Å². The van der Waals surface area contributed by atoms with Gasteiger partial charge in [0.15, 0.2) is 0 Å². The van der Waals surface area contributed by atoms with E-state index in [0.717, 1.165) is 16.9 Å². The fraction of sp³-hybridized carbons (Fsp3) is 0.348. The van der Waals surface area contributed by atoms with Gasteiger partial charge in [0.05, 0.1) is 12.2 Å². The summed E-state index contributed by atoms with van der Waals surface area (Å²) in [4.78, 5) is 0. The van der Waals surface area contributed by atoms with E-state index in [0.29, 0.717) is 19.4 Å². The van der Waals surface area contributed by atoms with Crippen LogP contribution in [0.1, 0.15) is 38.4 Å². The summed E-state index contributed by atoms with van der Waals surface area (Å²) in [6.45, 7) is 4.27. The molecule has 0 fully saturated rings. The number of benzene rings is 2. The van der Waals surface area contributed by atoms with Gasteiger partial charge in [0.25, 0.3) is 0 Å². The predicted molar refractivity (Wildman–Crippen MR) is 107 cm³/mol. The molecular formula is C23H28O4. The Morgan fingerprint density at radius 3 is 2.33 bits per heavy atom. The number of para-hydroxylation sites is 1. The summed E-state index contributed by atoms with van der Waals surface area (Å²) in [6.07, 6.45) is 1.48. The molecule has 4 nitrogen and oxygen atoms in total. The zero-order chi connectivity index (χ0) is 19.6. The Labute approximate surface area is 161 Å². The van der Waals surface area contributed by atoms with Crippen molar-refractivity contribution in [2.45, 2.75) is 38.9 Å². The van der Waals surface area contributed by atoms with Gasteiger partial charge in [-0.2, -0.15) is 0 Å². The second-order valence-corrected chi connectivity index (χ2v) is 6.91. The van der Waals surface area contributed by atoms with Crippen LogP contribution in [-0.2, 0) is 0 Å². The molecule has 0 saturated heterocycles. The van der Waals surface area contributed by atoms with Crippen LogP contribution in [0.4, 0.5) is 0 Å². The van der Waals surface area contributed by atoms with E-state index in [4.69, 9.17) is 4.74 Å². The maximum Gasteiger partial charge on any atom is 0.119 e. The highest BCUT2D eigenvalue weighted by atomic mass is 16.5. The average molecular weight is 368 g/mol. The third kappa shape index (κ3) is 7.32. The Morgan fingerprint density at radius 1 is 1.04 bits per heavy atom. The van der Waals surface area contributed by atoms with Crippen molar-refractivity contribution >= 4 is 0 Å². The molecular weight excluding hydrogens is 340 g/mol. The van der Waals surface area contributed by atoms with Crippen LogP contribution in [-0.4, -0.2) is 28.0 Å². The lowest BCUT2D eigenvalue weighted by atomic mass is 9.99. The lowest BCUT2D eigenvalue weighted by Crippen LogP contribution is -2.17. The van der Waals surface area contributed by atoms with Crippen LogP contribution < -0.4 is 4.74 Å². The first kappa shape index (κ1) is 20.8. The van der Waals surface area contributed by atoms with Gasteiger partial charge >= 0.3 is 0 Å². The summed E-state index contributed by atoms with van der Waals surface area (Å²) < 4.78 is 5.78. The van der Waals surface area contributed by atoms with Crippen molar-refractivity contribution in [2.75, 3.05) is 6.61 Å². The average Bonchev–Trinajstić information content (AvgIpc) is 2.67. The van der Waals surface area contributed by atoms with Crippen molar-refractivity contribution in [3.05, 3.63) is 77.5 Å². The molecule has 2 rings (SSSR count). The SMILES string of the molecule is CC(C)[C@H](O)CC(=C=CC[C@@H](O)c1ccc(O)cc1)COc1ccccc1. The number of hydrogen-bond acceptors (Lipinski definition) is 4. The van der Waals surface area contributed by atoms with Crippen LogP contribution in [0.5, 0.6) is 11.5 Å². The fourth-order valence-corrected chi connectivity index (χ4v) is 2.48. The number of phenolic OH excluding ortho intramolecular Hbond substituents is 1. The normalized spacial score (nSPS) is 12.9. The molecule has 2 atom stereocenters. The van der Waals surface area contributed by atoms with Crippen LogP contribution >= 0.6 is 0 Å². The highest BCUT2D eigenvalue weighted by molar-refractivity contribution is 5.27. The van der Waals surface area contributed by atoms with E-state index in [2.05, 4.69) is 5.73 Å². The Morgan fingerprint density at radius 2 is 1.70 bits per heavy atom.